The average Bonchev–Trinajstić information content (AvgIpc) is 2.94. The molecule has 0 aliphatic rings. The van der Waals surface area contributed by atoms with Gasteiger partial charge in [0.2, 0.25) is 5.95 Å². The number of hydrogen-bond acceptors (Lipinski definition) is 4. The summed E-state index contributed by atoms with van der Waals surface area (Å²) >= 11 is 0. The van der Waals surface area contributed by atoms with E-state index in [4.69, 9.17) is 0 Å². The van der Waals surface area contributed by atoms with Crippen molar-refractivity contribution in [2.24, 2.45) is 7.05 Å². The smallest absolute Gasteiger partial charge is 0.350 e. The summed E-state index contributed by atoms with van der Waals surface area (Å²) in [6.45, 7) is 1.68. The topological polar surface area (TPSA) is 55.6 Å². The van der Waals surface area contributed by atoms with Crippen molar-refractivity contribution < 1.29 is 26.3 Å². The number of hydrogen-bond donors (Lipinski definition) is 1. The lowest BCUT2D eigenvalue weighted by Gasteiger charge is -2.14. The minimum atomic E-state index is -4.89. The molecular formula is C18H17F6N5. The first-order valence-electron chi connectivity index (χ1n) is 8.70. The lowest BCUT2D eigenvalue weighted by molar-refractivity contribution is -0.143. The Kier molecular flexibility index (Phi) is 5.42. The van der Waals surface area contributed by atoms with Crippen molar-refractivity contribution in [2.45, 2.75) is 38.7 Å². The molecule has 5 nitrogen and oxygen atoms in total. The molecule has 156 valence electrons. The van der Waals surface area contributed by atoms with Gasteiger partial charge in [-0.2, -0.15) is 31.4 Å². The number of benzene rings is 1. The highest BCUT2D eigenvalue weighted by atomic mass is 19.4. The minimum absolute atomic E-state index is 0.0915. The average molecular weight is 417 g/mol. The highest BCUT2D eigenvalue weighted by molar-refractivity contribution is 5.77. The number of fused-ring (bicyclic) bond motifs is 1. The SMILES string of the molecule is CCCc1nn(C)c2cnc(NCc3cc(C(F)(F)F)cc(C(F)(F)F)c3)nc12. The molecule has 0 unspecified atom stereocenters. The van der Waals surface area contributed by atoms with Crippen LogP contribution in [0.2, 0.25) is 0 Å². The van der Waals surface area contributed by atoms with E-state index in [0.717, 1.165) is 12.1 Å². The van der Waals surface area contributed by atoms with E-state index >= 15 is 0 Å². The van der Waals surface area contributed by atoms with Crippen molar-refractivity contribution in [1.29, 1.82) is 0 Å². The summed E-state index contributed by atoms with van der Waals surface area (Å²) in [5, 5.41) is 7.05. The van der Waals surface area contributed by atoms with Gasteiger partial charge in [-0.25, -0.2) is 9.97 Å². The van der Waals surface area contributed by atoms with E-state index < -0.39 is 23.5 Å². The van der Waals surface area contributed by atoms with E-state index in [2.05, 4.69) is 20.4 Å². The third kappa shape index (κ3) is 4.60. The second-order valence-electron chi connectivity index (χ2n) is 6.52. The summed E-state index contributed by atoms with van der Waals surface area (Å²) in [5.74, 6) is 0.0915. The summed E-state index contributed by atoms with van der Waals surface area (Å²) in [5.41, 5.74) is -0.898. The molecule has 1 aromatic carbocycles. The standard InChI is InChI=1S/C18H17F6N5/c1-3-4-13-15-14(29(2)28-13)9-26-16(27-15)25-8-10-5-11(17(19,20)21)7-12(6-10)18(22,23)24/h5-7,9H,3-4,8H2,1-2H3,(H,25,26,27). The van der Waals surface area contributed by atoms with Crippen LogP contribution in [-0.2, 0) is 32.4 Å². The van der Waals surface area contributed by atoms with Gasteiger partial charge in [0.15, 0.2) is 0 Å². The number of halogens is 6. The van der Waals surface area contributed by atoms with Gasteiger partial charge in [0, 0.05) is 13.6 Å². The van der Waals surface area contributed by atoms with Crippen LogP contribution >= 0.6 is 0 Å². The third-order valence-corrected chi connectivity index (χ3v) is 4.25. The maximum absolute atomic E-state index is 13.0. The number of aromatic nitrogens is 4. The first-order valence-corrected chi connectivity index (χ1v) is 8.70. The van der Waals surface area contributed by atoms with Gasteiger partial charge in [0.25, 0.3) is 0 Å². The predicted molar refractivity (Wildman–Crippen MR) is 94.1 cm³/mol. The molecule has 0 radical (unpaired) electrons. The monoisotopic (exact) mass is 417 g/mol. The lowest BCUT2D eigenvalue weighted by atomic mass is 10.0. The minimum Gasteiger partial charge on any atom is -0.350 e. The van der Waals surface area contributed by atoms with E-state index in [1.54, 1.807) is 11.7 Å². The fraction of sp³-hybridized carbons (Fsp3) is 0.389. The zero-order chi connectivity index (χ0) is 21.4. The van der Waals surface area contributed by atoms with Crippen LogP contribution in [0.4, 0.5) is 32.3 Å². The molecule has 3 rings (SSSR count). The Morgan fingerprint density at radius 3 is 2.17 bits per heavy atom. The molecule has 0 spiro atoms. The van der Waals surface area contributed by atoms with Crippen molar-refractivity contribution in [1.82, 2.24) is 19.7 Å². The molecule has 0 aliphatic carbocycles. The van der Waals surface area contributed by atoms with Crippen LogP contribution in [0.15, 0.2) is 24.4 Å². The molecule has 0 saturated heterocycles. The first-order chi connectivity index (χ1) is 13.5. The molecule has 0 aliphatic heterocycles. The maximum Gasteiger partial charge on any atom is 0.416 e. The van der Waals surface area contributed by atoms with Crippen LogP contribution in [-0.4, -0.2) is 19.7 Å². The van der Waals surface area contributed by atoms with Crippen LogP contribution in [0, 0.1) is 0 Å². The zero-order valence-corrected chi connectivity index (χ0v) is 15.5. The summed E-state index contributed by atoms with van der Waals surface area (Å²) in [7, 11) is 1.74. The Bertz CT molecular complexity index is 990. The maximum atomic E-state index is 13.0. The van der Waals surface area contributed by atoms with Gasteiger partial charge < -0.3 is 5.32 Å². The lowest BCUT2D eigenvalue weighted by Crippen LogP contribution is -2.13. The Morgan fingerprint density at radius 1 is 1.00 bits per heavy atom. The Labute approximate surface area is 161 Å². The van der Waals surface area contributed by atoms with Crippen LogP contribution < -0.4 is 5.32 Å². The zero-order valence-electron chi connectivity index (χ0n) is 15.5. The fourth-order valence-corrected chi connectivity index (χ4v) is 2.90. The predicted octanol–water partition coefficient (Wildman–Crippen LogP) is 4.97. The number of aryl methyl sites for hydroxylation is 2. The Hall–Kier alpha value is -2.85. The van der Waals surface area contributed by atoms with Crippen molar-refractivity contribution in [3.05, 3.63) is 46.8 Å². The van der Waals surface area contributed by atoms with Crippen molar-refractivity contribution >= 4 is 17.0 Å². The highest BCUT2D eigenvalue weighted by Gasteiger charge is 2.36. The van der Waals surface area contributed by atoms with Crippen LogP contribution in [0.1, 0.15) is 35.7 Å². The summed E-state index contributed by atoms with van der Waals surface area (Å²) in [4.78, 5) is 8.39. The number of rotatable bonds is 5. The molecule has 1 N–H and O–H groups in total. The van der Waals surface area contributed by atoms with Crippen molar-refractivity contribution in [3.8, 4) is 0 Å². The summed E-state index contributed by atoms with van der Waals surface area (Å²) in [6.07, 6.45) is -6.77. The number of nitrogens with zero attached hydrogens (tertiary/aromatic N) is 4. The number of alkyl halides is 6. The molecule has 11 heteroatoms. The van der Waals surface area contributed by atoms with E-state index in [1.165, 1.54) is 6.20 Å². The van der Waals surface area contributed by atoms with Crippen LogP contribution in [0.3, 0.4) is 0 Å². The van der Waals surface area contributed by atoms with Crippen molar-refractivity contribution in [3.63, 3.8) is 0 Å². The molecule has 0 amide bonds. The second kappa shape index (κ2) is 7.53. The van der Waals surface area contributed by atoms with Gasteiger partial charge in [-0.1, -0.05) is 13.3 Å². The van der Waals surface area contributed by atoms with E-state index in [1.807, 2.05) is 6.92 Å². The molecule has 2 heterocycles. The van der Waals surface area contributed by atoms with E-state index in [9.17, 15) is 26.3 Å². The van der Waals surface area contributed by atoms with Gasteiger partial charge in [-0.15, -0.1) is 0 Å². The second-order valence-corrected chi connectivity index (χ2v) is 6.52. The normalized spacial score (nSPS) is 12.6. The molecule has 29 heavy (non-hydrogen) atoms. The molecule has 0 fully saturated rings. The van der Waals surface area contributed by atoms with Gasteiger partial charge in [0.05, 0.1) is 23.0 Å². The van der Waals surface area contributed by atoms with Gasteiger partial charge in [-0.05, 0) is 30.2 Å². The van der Waals surface area contributed by atoms with Gasteiger partial charge in [0.1, 0.15) is 11.0 Å². The van der Waals surface area contributed by atoms with Crippen LogP contribution in [0.25, 0.3) is 11.0 Å². The van der Waals surface area contributed by atoms with E-state index in [0.29, 0.717) is 29.6 Å². The van der Waals surface area contributed by atoms with Gasteiger partial charge >= 0.3 is 12.4 Å². The Morgan fingerprint density at radius 2 is 1.62 bits per heavy atom. The molecule has 0 atom stereocenters. The van der Waals surface area contributed by atoms with Gasteiger partial charge in [-0.3, -0.25) is 4.68 Å². The third-order valence-electron chi connectivity index (χ3n) is 4.25. The van der Waals surface area contributed by atoms with Crippen LogP contribution in [0.5, 0.6) is 0 Å². The van der Waals surface area contributed by atoms with E-state index in [-0.39, 0.29) is 24.1 Å². The number of anilines is 1. The largest absolute Gasteiger partial charge is 0.416 e. The Balaban J connectivity index is 1.90. The molecule has 0 bridgehead atoms. The molecular weight excluding hydrogens is 400 g/mol. The first kappa shape index (κ1) is 20.9. The molecule has 0 saturated carbocycles. The molecule has 3 aromatic rings. The fourth-order valence-electron chi connectivity index (χ4n) is 2.90. The van der Waals surface area contributed by atoms with Crippen molar-refractivity contribution in [2.75, 3.05) is 5.32 Å². The quantitative estimate of drug-likeness (QED) is 0.596. The molecule has 2 aromatic heterocycles. The summed E-state index contributed by atoms with van der Waals surface area (Å²) in [6, 6.07) is 1.44. The highest BCUT2D eigenvalue weighted by Crippen LogP contribution is 2.36. The summed E-state index contributed by atoms with van der Waals surface area (Å²) < 4.78 is 79.4. The number of nitrogens with one attached hydrogen (secondary N) is 1.